The molecule has 3 rings (SSSR count). The highest BCUT2D eigenvalue weighted by Crippen LogP contribution is 2.29. The monoisotopic (exact) mass is 318 g/mol. The summed E-state index contributed by atoms with van der Waals surface area (Å²) in [6.07, 6.45) is 3.82. The lowest BCUT2D eigenvalue weighted by atomic mass is 10.0. The van der Waals surface area contributed by atoms with Gasteiger partial charge >= 0.3 is 0 Å². The van der Waals surface area contributed by atoms with Gasteiger partial charge in [0.05, 0.1) is 19.1 Å². The van der Waals surface area contributed by atoms with E-state index in [0.29, 0.717) is 24.9 Å². The molecule has 1 aliphatic heterocycles. The summed E-state index contributed by atoms with van der Waals surface area (Å²) in [5, 5.41) is 0. The molecule has 3 heterocycles. The zero-order chi connectivity index (χ0) is 16.4. The van der Waals surface area contributed by atoms with Crippen LogP contribution in [0.1, 0.15) is 17.4 Å². The summed E-state index contributed by atoms with van der Waals surface area (Å²) in [6.45, 7) is 1.83. The summed E-state index contributed by atoms with van der Waals surface area (Å²) < 4.78 is 12.3. The Bertz CT molecular complexity index is 674. The molecule has 0 aromatic carbocycles. The van der Waals surface area contributed by atoms with Gasteiger partial charge in [-0.3, -0.25) is 0 Å². The number of methoxy groups -OCH3 is 2. The molecule has 2 aromatic heterocycles. The maximum Gasteiger partial charge on any atom is 0.218 e. The highest BCUT2D eigenvalue weighted by Gasteiger charge is 2.33. The molecular weight excluding hydrogens is 296 g/mol. The molecule has 8 nitrogen and oxygen atoms in total. The zero-order valence-electron chi connectivity index (χ0n) is 13.6. The lowest BCUT2D eigenvalue weighted by Crippen LogP contribution is -2.29. The number of anilines is 1. The second kappa shape index (κ2) is 6.51. The minimum Gasteiger partial charge on any atom is -0.481 e. The maximum absolute atomic E-state index is 6.33. The van der Waals surface area contributed by atoms with Gasteiger partial charge in [-0.1, -0.05) is 0 Å². The van der Waals surface area contributed by atoms with Crippen LogP contribution < -0.4 is 15.4 Å². The van der Waals surface area contributed by atoms with Crippen molar-refractivity contribution in [1.82, 2.24) is 19.5 Å². The first kappa shape index (κ1) is 15.7. The molecule has 124 valence electrons. The molecule has 0 amide bonds. The van der Waals surface area contributed by atoms with Crippen molar-refractivity contribution in [3.63, 3.8) is 0 Å². The Labute approximate surface area is 135 Å². The Balaban J connectivity index is 1.83. The molecule has 1 aliphatic rings. The van der Waals surface area contributed by atoms with Crippen molar-refractivity contribution in [2.75, 3.05) is 32.2 Å². The van der Waals surface area contributed by atoms with Gasteiger partial charge in [-0.2, -0.15) is 4.98 Å². The number of nitrogens with two attached hydrogens (primary N) is 1. The molecule has 2 N–H and O–H groups in total. The number of aromatic nitrogens is 4. The summed E-state index contributed by atoms with van der Waals surface area (Å²) in [5.41, 5.74) is 7.34. The van der Waals surface area contributed by atoms with E-state index in [1.807, 2.05) is 23.9 Å². The molecule has 2 atom stereocenters. The summed E-state index contributed by atoms with van der Waals surface area (Å²) in [5.74, 6) is 2.11. The van der Waals surface area contributed by atoms with E-state index in [0.717, 1.165) is 18.1 Å². The van der Waals surface area contributed by atoms with Crippen LogP contribution >= 0.6 is 0 Å². The number of rotatable bonds is 5. The third-order valence-corrected chi connectivity index (χ3v) is 4.01. The lowest BCUT2D eigenvalue weighted by Gasteiger charge is -2.18. The minimum absolute atomic E-state index is 0.0109. The van der Waals surface area contributed by atoms with E-state index < -0.39 is 0 Å². The Hall–Kier alpha value is -2.19. The minimum atomic E-state index is 0.0109. The van der Waals surface area contributed by atoms with Crippen molar-refractivity contribution in [1.29, 1.82) is 0 Å². The largest absolute Gasteiger partial charge is 0.481 e. The topological polar surface area (TPSA) is 91.3 Å². The molecule has 8 heteroatoms. The molecule has 23 heavy (non-hydrogen) atoms. The van der Waals surface area contributed by atoms with Gasteiger partial charge < -0.3 is 24.7 Å². The summed E-state index contributed by atoms with van der Waals surface area (Å²) in [4.78, 5) is 15.4. The number of hydrogen-bond donors (Lipinski definition) is 1. The van der Waals surface area contributed by atoms with Crippen molar-refractivity contribution in [3.8, 4) is 5.88 Å². The van der Waals surface area contributed by atoms with Gasteiger partial charge in [0.2, 0.25) is 5.88 Å². The molecule has 1 fully saturated rings. The van der Waals surface area contributed by atoms with E-state index in [9.17, 15) is 0 Å². The molecule has 0 aliphatic carbocycles. The fraction of sp³-hybridized carbons (Fsp3) is 0.533. The normalized spacial score (nSPS) is 21.0. The van der Waals surface area contributed by atoms with Crippen molar-refractivity contribution < 1.29 is 9.47 Å². The Kier molecular flexibility index (Phi) is 4.44. The average molecular weight is 318 g/mol. The van der Waals surface area contributed by atoms with E-state index in [2.05, 4.69) is 19.9 Å². The zero-order valence-corrected chi connectivity index (χ0v) is 13.6. The molecule has 2 aromatic rings. The number of imidazole rings is 1. The van der Waals surface area contributed by atoms with E-state index in [1.54, 1.807) is 20.5 Å². The SMILES string of the molecule is COCc1nc(OC)cc(N2C[C@@H](N)[C@H](c3cn(C)cn3)C2)n1. The highest BCUT2D eigenvalue weighted by atomic mass is 16.5. The third kappa shape index (κ3) is 3.27. The van der Waals surface area contributed by atoms with E-state index in [1.165, 1.54) is 0 Å². The Morgan fingerprint density at radius 2 is 2.13 bits per heavy atom. The maximum atomic E-state index is 6.33. The van der Waals surface area contributed by atoms with Crippen molar-refractivity contribution in [2.24, 2.45) is 12.8 Å². The van der Waals surface area contributed by atoms with Crippen LogP contribution in [0.3, 0.4) is 0 Å². The van der Waals surface area contributed by atoms with E-state index in [4.69, 9.17) is 15.2 Å². The van der Waals surface area contributed by atoms with Gasteiger partial charge in [0.1, 0.15) is 12.4 Å². The van der Waals surface area contributed by atoms with Gasteiger partial charge in [-0.05, 0) is 0 Å². The van der Waals surface area contributed by atoms with Crippen LogP contribution in [0.5, 0.6) is 5.88 Å². The van der Waals surface area contributed by atoms with Crippen molar-refractivity contribution >= 4 is 5.82 Å². The van der Waals surface area contributed by atoms with E-state index in [-0.39, 0.29) is 12.0 Å². The molecular formula is C15H22N6O2. The van der Waals surface area contributed by atoms with Crippen LogP contribution in [0.15, 0.2) is 18.6 Å². The first-order valence-corrected chi connectivity index (χ1v) is 7.50. The second-order valence-corrected chi connectivity index (χ2v) is 5.76. The standard InChI is InChI=1S/C15H22N6O2/c1-20-7-12(17-9-20)10-5-21(6-11(10)16)14-4-15(23-3)19-13(18-14)8-22-2/h4,7,9-11H,5-6,8,16H2,1-3H3/t10-,11-/m1/s1. The number of aryl methyl sites for hydroxylation is 1. The summed E-state index contributed by atoms with van der Waals surface area (Å²) >= 11 is 0. The van der Waals surface area contributed by atoms with Gasteiger partial charge in [0.15, 0.2) is 5.82 Å². The van der Waals surface area contributed by atoms with Crippen molar-refractivity contribution in [3.05, 3.63) is 30.1 Å². The number of hydrogen-bond acceptors (Lipinski definition) is 7. The van der Waals surface area contributed by atoms with E-state index >= 15 is 0 Å². The van der Waals surface area contributed by atoms with Crippen LogP contribution in [0, 0.1) is 0 Å². The molecule has 1 saturated heterocycles. The first-order chi connectivity index (χ1) is 11.1. The fourth-order valence-electron chi connectivity index (χ4n) is 2.87. The van der Waals surface area contributed by atoms with Crippen LogP contribution in [0.2, 0.25) is 0 Å². The predicted molar refractivity (Wildman–Crippen MR) is 85.4 cm³/mol. The lowest BCUT2D eigenvalue weighted by molar-refractivity contribution is 0.177. The summed E-state index contributed by atoms with van der Waals surface area (Å²) in [7, 11) is 5.17. The Morgan fingerprint density at radius 3 is 2.78 bits per heavy atom. The fourth-order valence-corrected chi connectivity index (χ4v) is 2.87. The predicted octanol–water partition coefficient (Wildman–Crippen LogP) is 0.296. The van der Waals surface area contributed by atoms with Crippen LogP contribution in [0.4, 0.5) is 5.82 Å². The van der Waals surface area contributed by atoms with Gasteiger partial charge in [0, 0.05) is 51.5 Å². The molecule has 0 saturated carbocycles. The Morgan fingerprint density at radius 1 is 1.30 bits per heavy atom. The number of ether oxygens (including phenoxy) is 2. The van der Waals surface area contributed by atoms with Gasteiger partial charge in [-0.15, -0.1) is 0 Å². The highest BCUT2D eigenvalue weighted by molar-refractivity contribution is 5.45. The van der Waals surface area contributed by atoms with Crippen LogP contribution in [0.25, 0.3) is 0 Å². The van der Waals surface area contributed by atoms with Crippen LogP contribution in [-0.4, -0.2) is 52.9 Å². The van der Waals surface area contributed by atoms with Crippen LogP contribution in [-0.2, 0) is 18.4 Å². The molecule has 0 spiro atoms. The average Bonchev–Trinajstić information content (AvgIpc) is 3.13. The second-order valence-electron chi connectivity index (χ2n) is 5.76. The van der Waals surface area contributed by atoms with Gasteiger partial charge in [-0.25, -0.2) is 9.97 Å². The third-order valence-electron chi connectivity index (χ3n) is 4.01. The number of nitrogens with zero attached hydrogens (tertiary/aromatic N) is 5. The molecule has 0 bridgehead atoms. The summed E-state index contributed by atoms with van der Waals surface area (Å²) in [6, 6.07) is 1.84. The van der Waals surface area contributed by atoms with Crippen molar-refractivity contribution in [2.45, 2.75) is 18.6 Å². The smallest absolute Gasteiger partial charge is 0.218 e. The van der Waals surface area contributed by atoms with Gasteiger partial charge in [0.25, 0.3) is 0 Å². The quantitative estimate of drug-likeness (QED) is 0.847. The first-order valence-electron chi connectivity index (χ1n) is 7.50. The molecule has 0 radical (unpaired) electrons. The molecule has 0 unspecified atom stereocenters.